The number of nitrogens with zero attached hydrogens (tertiary/aromatic N) is 6. The maximum atomic E-state index is 13.7. The van der Waals surface area contributed by atoms with Crippen LogP contribution in [0.1, 0.15) is 66.7 Å². The Kier molecular flexibility index (Phi) is 5.95. The summed E-state index contributed by atoms with van der Waals surface area (Å²) < 4.78 is 10.1. The summed E-state index contributed by atoms with van der Waals surface area (Å²) in [5.74, 6) is 1.52. The number of methoxy groups -OCH3 is 1. The summed E-state index contributed by atoms with van der Waals surface area (Å²) in [6.45, 7) is 6.08. The number of hydrogen-bond donors (Lipinski definition) is 1. The molecule has 0 radical (unpaired) electrons. The third-order valence-electron chi connectivity index (χ3n) is 9.94. The highest BCUT2D eigenvalue weighted by Gasteiger charge is 2.42. The highest BCUT2D eigenvalue weighted by Crippen LogP contribution is 2.40. The van der Waals surface area contributed by atoms with Crippen molar-refractivity contribution in [2.45, 2.75) is 70.5 Å². The van der Waals surface area contributed by atoms with E-state index in [1.807, 2.05) is 26.3 Å². The van der Waals surface area contributed by atoms with Gasteiger partial charge in [-0.1, -0.05) is 6.08 Å². The van der Waals surface area contributed by atoms with Gasteiger partial charge in [0, 0.05) is 73.0 Å². The van der Waals surface area contributed by atoms with E-state index in [-0.39, 0.29) is 29.8 Å². The second kappa shape index (κ2) is 9.67. The second-order valence-corrected chi connectivity index (χ2v) is 12.7. The smallest absolute Gasteiger partial charge is 0.258 e. The SMILES string of the molecule is COc1cc(C(=O)N2C3=CC[C@H]2C[C@H]3N)cc2nc(-c3cc4ccc(C5CCN(C(C)=O)C5)nc4n3CC3CC3)c(C)n12. The zero-order chi connectivity index (χ0) is 29.6. The first kappa shape index (κ1) is 26.4. The normalized spacial score (nSPS) is 23.2. The summed E-state index contributed by atoms with van der Waals surface area (Å²) in [5.41, 5.74) is 13.3. The van der Waals surface area contributed by atoms with Gasteiger partial charge in [-0.25, -0.2) is 9.97 Å². The highest BCUT2D eigenvalue weighted by atomic mass is 16.5. The Morgan fingerprint density at radius 2 is 1.95 bits per heavy atom. The van der Waals surface area contributed by atoms with E-state index in [1.165, 1.54) is 12.8 Å². The van der Waals surface area contributed by atoms with Crippen LogP contribution >= 0.6 is 0 Å². The Bertz CT molecular complexity index is 1850. The average molecular weight is 580 g/mol. The van der Waals surface area contributed by atoms with Crippen molar-refractivity contribution in [3.05, 3.63) is 59.1 Å². The maximum Gasteiger partial charge on any atom is 0.258 e. The standard InChI is InChI=1S/C33H37N7O3/c1-18-31(36-29-13-23(14-30(43-3)39(18)29)33(42)40-24-7-9-27(40)25(34)15-24)28-12-21-6-8-26(22-10-11-37(17-22)19(2)41)35-32(21)38(28)16-20-4-5-20/h6,8-9,12-14,20,22,24-25H,4-5,7,10-11,15-17,34H2,1-3H3/t22?,24-,25+/m0/s1. The van der Waals surface area contributed by atoms with Crippen LogP contribution in [-0.2, 0) is 11.3 Å². The Hall–Kier alpha value is -4.18. The van der Waals surface area contributed by atoms with Gasteiger partial charge in [-0.05, 0) is 69.2 Å². The van der Waals surface area contributed by atoms with Crippen molar-refractivity contribution < 1.29 is 14.3 Å². The van der Waals surface area contributed by atoms with Crippen LogP contribution in [0.25, 0.3) is 28.1 Å². The molecule has 222 valence electrons. The Morgan fingerprint density at radius 3 is 2.63 bits per heavy atom. The predicted molar refractivity (Wildman–Crippen MR) is 163 cm³/mol. The van der Waals surface area contributed by atoms with Crippen LogP contribution in [0.4, 0.5) is 0 Å². The molecule has 1 aliphatic carbocycles. The van der Waals surface area contributed by atoms with E-state index < -0.39 is 0 Å². The van der Waals surface area contributed by atoms with Crippen LogP contribution in [0.5, 0.6) is 5.88 Å². The molecule has 3 fully saturated rings. The zero-order valence-electron chi connectivity index (χ0n) is 24.9. The minimum Gasteiger partial charge on any atom is -0.482 e. The molecule has 4 aromatic rings. The fourth-order valence-corrected chi connectivity index (χ4v) is 7.43. The number of carbonyl (C=O) groups excluding carboxylic acids is 2. The number of nitrogens with two attached hydrogens (primary N) is 1. The van der Waals surface area contributed by atoms with E-state index in [4.69, 9.17) is 20.4 Å². The fourth-order valence-electron chi connectivity index (χ4n) is 7.43. The van der Waals surface area contributed by atoms with Crippen LogP contribution in [-0.4, -0.2) is 72.8 Å². The summed E-state index contributed by atoms with van der Waals surface area (Å²) in [6.07, 6.45) is 7.13. The van der Waals surface area contributed by atoms with Gasteiger partial charge in [-0.3, -0.25) is 14.0 Å². The molecule has 8 rings (SSSR count). The Labute approximate surface area is 250 Å². The molecule has 0 aromatic carbocycles. The molecule has 2 amide bonds. The molecule has 3 atom stereocenters. The number of aryl methyl sites for hydroxylation is 1. The molecule has 10 heteroatoms. The summed E-state index contributed by atoms with van der Waals surface area (Å²) in [4.78, 5) is 39.8. The van der Waals surface area contributed by atoms with Crippen molar-refractivity contribution in [3.63, 3.8) is 0 Å². The number of pyridine rings is 2. The average Bonchev–Trinajstić information content (AvgIpc) is 3.38. The molecule has 3 aliphatic heterocycles. The van der Waals surface area contributed by atoms with Gasteiger partial charge in [0.25, 0.3) is 5.91 Å². The topological polar surface area (TPSA) is 111 Å². The third-order valence-corrected chi connectivity index (χ3v) is 9.94. The molecule has 2 N–H and O–H groups in total. The fraction of sp³-hybridized carbons (Fsp3) is 0.455. The van der Waals surface area contributed by atoms with Crippen molar-refractivity contribution in [2.75, 3.05) is 20.2 Å². The molecular formula is C33H37N7O3. The number of rotatable bonds is 6. The number of fused-ring (bicyclic) bond motifs is 4. The molecular weight excluding hydrogens is 542 g/mol. The summed E-state index contributed by atoms with van der Waals surface area (Å²) in [6, 6.07) is 10.2. The summed E-state index contributed by atoms with van der Waals surface area (Å²) >= 11 is 0. The number of likely N-dealkylation sites (tertiary alicyclic amines) is 1. The lowest BCUT2D eigenvalue weighted by Crippen LogP contribution is -2.31. The first-order chi connectivity index (χ1) is 20.8. The first-order valence-corrected chi connectivity index (χ1v) is 15.4. The van der Waals surface area contributed by atoms with E-state index in [2.05, 4.69) is 35.8 Å². The maximum absolute atomic E-state index is 13.7. The van der Waals surface area contributed by atoms with E-state index in [0.29, 0.717) is 23.0 Å². The summed E-state index contributed by atoms with van der Waals surface area (Å²) in [5, 5.41) is 1.08. The predicted octanol–water partition coefficient (Wildman–Crippen LogP) is 4.24. The van der Waals surface area contributed by atoms with E-state index in [9.17, 15) is 9.59 Å². The van der Waals surface area contributed by atoms with Crippen molar-refractivity contribution in [1.82, 2.24) is 28.7 Å². The molecule has 1 unspecified atom stereocenters. The van der Waals surface area contributed by atoms with Crippen molar-refractivity contribution >= 4 is 28.5 Å². The van der Waals surface area contributed by atoms with Crippen molar-refractivity contribution in [3.8, 4) is 17.3 Å². The van der Waals surface area contributed by atoms with Crippen molar-refractivity contribution in [2.24, 2.45) is 11.7 Å². The lowest BCUT2D eigenvalue weighted by molar-refractivity contribution is -0.127. The van der Waals surface area contributed by atoms with Gasteiger partial charge in [0.05, 0.1) is 18.5 Å². The number of ether oxygens (including phenoxy) is 1. The van der Waals surface area contributed by atoms with Gasteiger partial charge in [0.2, 0.25) is 5.91 Å². The quantitative estimate of drug-likeness (QED) is 0.366. The van der Waals surface area contributed by atoms with Gasteiger partial charge in [-0.2, -0.15) is 0 Å². The molecule has 10 nitrogen and oxygen atoms in total. The molecule has 2 saturated heterocycles. The molecule has 43 heavy (non-hydrogen) atoms. The Balaban J connectivity index is 1.21. The van der Waals surface area contributed by atoms with E-state index >= 15 is 0 Å². The van der Waals surface area contributed by atoms with Crippen LogP contribution in [0.3, 0.4) is 0 Å². The summed E-state index contributed by atoms with van der Waals surface area (Å²) in [7, 11) is 1.63. The first-order valence-electron chi connectivity index (χ1n) is 15.4. The lowest BCUT2D eigenvalue weighted by atomic mass is 10.0. The largest absolute Gasteiger partial charge is 0.482 e. The minimum atomic E-state index is -0.0853. The highest BCUT2D eigenvalue weighted by molar-refractivity contribution is 5.98. The van der Waals surface area contributed by atoms with Gasteiger partial charge >= 0.3 is 0 Å². The second-order valence-electron chi connectivity index (χ2n) is 12.7. The molecule has 2 bridgehead atoms. The third kappa shape index (κ3) is 4.17. The molecule has 7 heterocycles. The molecule has 0 spiro atoms. The van der Waals surface area contributed by atoms with Crippen LogP contribution in [0.2, 0.25) is 0 Å². The minimum absolute atomic E-state index is 0.0560. The van der Waals surface area contributed by atoms with Crippen LogP contribution in [0.15, 0.2) is 42.1 Å². The number of aromatic nitrogens is 4. The van der Waals surface area contributed by atoms with Gasteiger partial charge in [-0.15, -0.1) is 0 Å². The number of imidazole rings is 1. The molecule has 1 saturated carbocycles. The van der Waals surface area contributed by atoms with Crippen LogP contribution in [0, 0.1) is 12.8 Å². The molecule has 4 aliphatic rings. The monoisotopic (exact) mass is 579 g/mol. The lowest BCUT2D eigenvalue weighted by Gasteiger charge is -2.20. The number of carbonyl (C=O) groups is 2. The Morgan fingerprint density at radius 1 is 1.12 bits per heavy atom. The van der Waals surface area contributed by atoms with E-state index in [1.54, 1.807) is 14.0 Å². The van der Waals surface area contributed by atoms with Gasteiger partial charge < -0.3 is 24.8 Å². The number of hydrogen-bond acceptors (Lipinski definition) is 6. The molecule has 4 aromatic heterocycles. The van der Waals surface area contributed by atoms with E-state index in [0.717, 1.165) is 78.4 Å². The van der Waals surface area contributed by atoms with Crippen LogP contribution < -0.4 is 10.5 Å². The number of amides is 2. The van der Waals surface area contributed by atoms with Gasteiger partial charge in [0.1, 0.15) is 17.0 Å². The zero-order valence-corrected chi connectivity index (χ0v) is 24.9. The van der Waals surface area contributed by atoms with Crippen molar-refractivity contribution in [1.29, 1.82) is 0 Å². The van der Waals surface area contributed by atoms with Gasteiger partial charge in [0.15, 0.2) is 5.88 Å².